The van der Waals surface area contributed by atoms with Crippen LogP contribution in [0.3, 0.4) is 0 Å². The Hall–Kier alpha value is -3.76. The molecule has 0 radical (unpaired) electrons. The number of thiophene rings is 8. The fourth-order valence-corrected chi connectivity index (χ4v) is 22.8. The molecular weight excluding hydrogens is 1150 g/mol. The van der Waals surface area contributed by atoms with Crippen LogP contribution < -0.4 is 0 Å². The number of carbonyl (C=O) groups is 2. The molecule has 82 heavy (non-hydrogen) atoms. The average Bonchev–Trinajstić information content (AvgIpc) is 3.68. The third kappa shape index (κ3) is 12.4. The molecule has 432 valence electrons. The van der Waals surface area contributed by atoms with Crippen molar-refractivity contribution in [3.8, 4) is 62.5 Å². The van der Waals surface area contributed by atoms with Gasteiger partial charge in [0.25, 0.3) is 0 Å². The predicted molar refractivity (Wildman–Crippen MR) is 370 cm³/mol. The topological polar surface area (TPSA) is 34.1 Å². The predicted octanol–water partition coefficient (Wildman–Crippen LogP) is 25.1. The van der Waals surface area contributed by atoms with Crippen LogP contribution in [0.15, 0.2) is 48.5 Å². The summed E-state index contributed by atoms with van der Waals surface area (Å²) >= 11 is 14.8. The molecule has 10 heteroatoms. The Morgan fingerprint density at radius 1 is 0.402 bits per heavy atom. The van der Waals surface area contributed by atoms with Crippen molar-refractivity contribution < 1.29 is 9.59 Å². The van der Waals surface area contributed by atoms with Crippen LogP contribution in [0.1, 0.15) is 217 Å². The summed E-state index contributed by atoms with van der Waals surface area (Å²) < 4.78 is 2.71. The van der Waals surface area contributed by atoms with E-state index in [-0.39, 0.29) is 17.5 Å². The van der Waals surface area contributed by atoms with E-state index in [0.717, 1.165) is 124 Å². The Kier molecular flexibility index (Phi) is 20.4. The largest absolute Gasteiger partial charge is 0.288 e. The van der Waals surface area contributed by atoms with Crippen LogP contribution >= 0.6 is 90.7 Å². The summed E-state index contributed by atoms with van der Waals surface area (Å²) in [7, 11) is 0. The molecule has 1 aliphatic carbocycles. The van der Waals surface area contributed by atoms with Gasteiger partial charge in [-0.05, 0) is 137 Å². The van der Waals surface area contributed by atoms with Crippen LogP contribution in [0.4, 0.5) is 0 Å². The number of ketones is 2. The molecule has 9 aromatic rings. The lowest BCUT2D eigenvalue weighted by Gasteiger charge is -2.19. The van der Waals surface area contributed by atoms with E-state index in [4.69, 9.17) is 6.42 Å². The SMILES string of the molecule is C#CC(CCCC)Cc1sc(-c2c3cc(-c4ccc(-c5sc(-c6ccc(C)s6)c6c5C(=O)c5c(CC(CC)CCCC)sc(CC(CC)CCCC)c5C6=O)s4)sc3c(-c3cc(C)c(CC(CC)CCCC)s3)c3cc(C)sc23)cc1C. The molecule has 0 amide bonds. The first-order valence-corrected chi connectivity index (χ1v) is 37.5. The van der Waals surface area contributed by atoms with Gasteiger partial charge in [0.1, 0.15) is 0 Å². The molecule has 1 aliphatic rings. The second kappa shape index (κ2) is 27.3. The molecule has 0 spiro atoms. The summed E-state index contributed by atoms with van der Waals surface area (Å²) in [6.45, 7) is 25.1. The number of aryl methyl sites for hydroxylation is 4. The molecule has 4 atom stereocenters. The molecule has 2 nitrogen and oxygen atoms in total. The maximum Gasteiger partial charge on any atom is 0.197 e. The van der Waals surface area contributed by atoms with Crippen molar-refractivity contribution in [3.05, 3.63) is 111 Å². The highest BCUT2D eigenvalue weighted by Gasteiger charge is 2.42. The molecule has 8 heterocycles. The zero-order valence-corrected chi connectivity index (χ0v) is 57.1. The van der Waals surface area contributed by atoms with Crippen LogP contribution in [0.5, 0.6) is 0 Å². The van der Waals surface area contributed by atoms with Gasteiger partial charge in [-0.2, -0.15) is 0 Å². The van der Waals surface area contributed by atoms with E-state index >= 15 is 9.59 Å². The Morgan fingerprint density at radius 3 is 1.37 bits per heavy atom. The summed E-state index contributed by atoms with van der Waals surface area (Å²) in [5, 5.41) is 2.67. The normalized spacial score (nSPS) is 14.1. The Balaban J connectivity index is 1.14. The first-order chi connectivity index (χ1) is 39.8. The molecular formula is C72H84O2S8. The van der Waals surface area contributed by atoms with E-state index in [0.29, 0.717) is 28.9 Å². The first-order valence-electron chi connectivity index (χ1n) is 31.0. The van der Waals surface area contributed by atoms with Crippen molar-refractivity contribution in [2.75, 3.05) is 0 Å². The van der Waals surface area contributed by atoms with E-state index in [9.17, 15) is 0 Å². The number of carbonyl (C=O) groups excluding carboxylic acids is 2. The molecule has 0 aliphatic heterocycles. The van der Waals surface area contributed by atoms with Crippen LogP contribution in [-0.2, 0) is 25.7 Å². The molecule has 10 rings (SSSR count). The summed E-state index contributed by atoms with van der Waals surface area (Å²) in [5.41, 5.74) is 8.19. The first kappa shape index (κ1) is 61.3. The maximum atomic E-state index is 16.0. The fraction of sp³-hybridized carbons (Fsp3) is 0.472. The third-order valence-corrected chi connectivity index (χ3v) is 27.5. The van der Waals surface area contributed by atoms with Gasteiger partial charge in [-0.15, -0.1) is 103 Å². The Morgan fingerprint density at radius 2 is 0.866 bits per heavy atom. The molecule has 8 aromatic heterocycles. The number of hydrogen-bond acceptors (Lipinski definition) is 10. The quantitative estimate of drug-likeness (QED) is 0.0458. The van der Waals surface area contributed by atoms with Gasteiger partial charge >= 0.3 is 0 Å². The summed E-state index contributed by atoms with van der Waals surface area (Å²) in [6, 6.07) is 18.8. The number of terminal acetylenes is 1. The standard InChI is InChI=1S/C72H84O2S8/c1-13-21-25-45(17-5)36-54-41(9)33-57(78-54)61-49-35-44(12)76-69(49)62(58-34-42(10)55(79-58)37-46(18-6)26-22-14-2)50-40-56(81-70(50)61)51-31-32-53(77-51)72-66-65(71(82-72)52-30-29-43(11)75-52)67(73)63-59(38-47(19-7)27-23-15-3)80-60(64(63)68(66)74)39-48(20-8)28-24-16-4/h6,29-35,40,45-48H,13-17,19-28,36-39H2,1-5,7-12H3. The molecule has 1 aromatic carbocycles. The minimum Gasteiger partial charge on any atom is -0.288 e. The highest BCUT2D eigenvalue weighted by atomic mass is 32.1. The lowest BCUT2D eigenvalue weighted by atomic mass is 9.81. The van der Waals surface area contributed by atoms with Gasteiger partial charge in [0.2, 0.25) is 0 Å². The van der Waals surface area contributed by atoms with Crippen molar-refractivity contribution >= 4 is 122 Å². The van der Waals surface area contributed by atoms with Crippen molar-refractivity contribution in [1.82, 2.24) is 0 Å². The molecule has 0 saturated carbocycles. The van der Waals surface area contributed by atoms with Crippen molar-refractivity contribution in [3.63, 3.8) is 0 Å². The van der Waals surface area contributed by atoms with Crippen molar-refractivity contribution in [2.45, 2.75) is 198 Å². The van der Waals surface area contributed by atoms with E-state index < -0.39 is 0 Å². The number of fused-ring (bicyclic) bond motifs is 4. The highest BCUT2D eigenvalue weighted by molar-refractivity contribution is 7.31. The molecule has 0 bridgehead atoms. The van der Waals surface area contributed by atoms with E-state index in [1.54, 1.807) is 45.3 Å². The highest BCUT2D eigenvalue weighted by Crippen LogP contribution is 2.57. The van der Waals surface area contributed by atoms with Crippen molar-refractivity contribution in [1.29, 1.82) is 0 Å². The summed E-state index contributed by atoms with van der Waals surface area (Å²) in [6.07, 6.45) is 27.5. The Bertz CT molecular complexity index is 3760. The maximum absolute atomic E-state index is 16.0. The van der Waals surface area contributed by atoms with Crippen molar-refractivity contribution in [2.24, 2.45) is 23.7 Å². The number of unbranched alkanes of at least 4 members (excludes halogenated alkanes) is 4. The van der Waals surface area contributed by atoms with Gasteiger partial charge in [-0.25, -0.2) is 0 Å². The van der Waals surface area contributed by atoms with Gasteiger partial charge in [-0.1, -0.05) is 138 Å². The summed E-state index contributed by atoms with van der Waals surface area (Å²) in [4.78, 5) is 48.6. The second-order valence-electron chi connectivity index (χ2n) is 23.6. The molecule has 0 N–H and O–H groups in total. The summed E-state index contributed by atoms with van der Waals surface area (Å²) in [5.74, 6) is 5.19. The molecule has 4 unspecified atom stereocenters. The van der Waals surface area contributed by atoms with Gasteiger partial charge in [0, 0.05) is 107 Å². The lowest BCUT2D eigenvalue weighted by Crippen LogP contribution is -2.22. The van der Waals surface area contributed by atoms with E-state index in [1.165, 1.54) is 120 Å². The van der Waals surface area contributed by atoms with Crippen LogP contribution in [0.25, 0.3) is 70.3 Å². The number of rotatable bonds is 28. The van der Waals surface area contributed by atoms with Crippen LogP contribution in [0, 0.1) is 63.7 Å². The average molecular weight is 1240 g/mol. The van der Waals surface area contributed by atoms with Gasteiger partial charge in [-0.3, -0.25) is 9.59 Å². The van der Waals surface area contributed by atoms with E-state index in [1.807, 2.05) is 45.3 Å². The minimum absolute atomic E-state index is 0.0621. The Labute approximate surface area is 522 Å². The third-order valence-electron chi connectivity index (χ3n) is 17.6. The zero-order chi connectivity index (χ0) is 57.9. The fourth-order valence-electron chi connectivity index (χ4n) is 12.6. The van der Waals surface area contributed by atoms with Crippen LogP contribution in [-0.4, -0.2) is 11.6 Å². The van der Waals surface area contributed by atoms with E-state index in [2.05, 4.69) is 131 Å². The lowest BCUT2D eigenvalue weighted by molar-refractivity contribution is 0.0980. The van der Waals surface area contributed by atoms with Crippen LogP contribution in [0.2, 0.25) is 0 Å². The smallest absolute Gasteiger partial charge is 0.197 e. The van der Waals surface area contributed by atoms with Gasteiger partial charge in [0.05, 0.1) is 20.9 Å². The minimum atomic E-state index is 0.0621. The monoisotopic (exact) mass is 1240 g/mol. The zero-order valence-electron chi connectivity index (χ0n) is 50.5. The molecule has 0 fully saturated rings. The van der Waals surface area contributed by atoms with Gasteiger partial charge in [0.15, 0.2) is 11.6 Å². The molecule has 0 saturated heterocycles. The second-order valence-corrected chi connectivity index (χ2v) is 32.8. The number of benzene rings is 1. The number of hydrogen-bond donors (Lipinski definition) is 0. The van der Waals surface area contributed by atoms with Gasteiger partial charge < -0.3 is 0 Å².